The van der Waals surface area contributed by atoms with E-state index in [1.165, 1.54) is 22.9 Å². The quantitative estimate of drug-likeness (QED) is 0.537. The number of thioether (sulfide) groups is 1. The van der Waals surface area contributed by atoms with Crippen molar-refractivity contribution in [1.29, 1.82) is 0 Å². The molecule has 1 unspecified atom stereocenters. The summed E-state index contributed by atoms with van der Waals surface area (Å²) in [4.78, 5) is 12.3. The largest absolute Gasteiger partial charge is 0.355 e. The van der Waals surface area contributed by atoms with E-state index in [1.807, 2.05) is 30.3 Å². The maximum atomic E-state index is 12.3. The van der Waals surface area contributed by atoms with Gasteiger partial charge in [-0.25, -0.2) is 0 Å². The summed E-state index contributed by atoms with van der Waals surface area (Å²) in [7, 11) is 0. The molecule has 2 aromatic carbocycles. The summed E-state index contributed by atoms with van der Waals surface area (Å²) in [6, 6.07) is 18.4. The lowest BCUT2D eigenvalue weighted by Gasteiger charge is -2.16. The first-order chi connectivity index (χ1) is 14.1. The van der Waals surface area contributed by atoms with Crippen LogP contribution in [0, 0.1) is 0 Å². The lowest BCUT2D eigenvalue weighted by atomic mass is 9.96. The summed E-state index contributed by atoms with van der Waals surface area (Å²) >= 11 is 1.34. The SMILES string of the molecule is CCC(CNC(=O)CSc1nnnn1-c1ccc(C(C)C)cc1)c1ccccc1. The molecule has 1 N–H and O–H groups in total. The van der Waals surface area contributed by atoms with Gasteiger partial charge in [0.2, 0.25) is 11.1 Å². The number of nitrogens with one attached hydrogen (secondary N) is 1. The Kier molecular flexibility index (Phi) is 7.41. The molecule has 0 aliphatic carbocycles. The van der Waals surface area contributed by atoms with Crippen molar-refractivity contribution in [2.75, 3.05) is 12.3 Å². The molecule has 0 saturated heterocycles. The van der Waals surface area contributed by atoms with E-state index in [4.69, 9.17) is 0 Å². The minimum atomic E-state index is -0.0194. The second kappa shape index (κ2) is 10.2. The fraction of sp³-hybridized carbons (Fsp3) is 0.364. The Bertz CT molecular complexity index is 908. The molecule has 6 nitrogen and oxygen atoms in total. The molecule has 3 aromatic rings. The fourth-order valence-corrected chi connectivity index (χ4v) is 3.79. The molecule has 0 radical (unpaired) electrons. The smallest absolute Gasteiger partial charge is 0.230 e. The van der Waals surface area contributed by atoms with E-state index < -0.39 is 0 Å². The predicted octanol–water partition coefficient (Wildman–Crippen LogP) is 4.19. The summed E-state index contributed by atoms with van der Waals surface area (Å²) in [6.45, 7) is 7.08. The first-order valence-corrected chi connectivity index (χ1v) is 10.9. The normalized spacial score (nSPS) is 12.1. The number of nitrogens with zero attached hydrogens (tertiary/aromatic N) is 4. The Balaban J connectivity index is 1.55. The molecule has 3 rings (SSSR count). The number of aromatic nitrogens is 4. The monoisotopic (exact) mass is 409 g/mol. The molecule has 0 spiro atoms. The molecule has 29 heavy (non-hydrogen) atoms. The number of rotatable bonds is 9. The summed E-state index contributed by atoms with van der Waals surface area (Å²) in [5.74, 6) is 1.04. The van der Waals surface area contributed by atoms with Gasteiger partial charge in [0, 0.05) is 12.5 Å². The Hall–Kier alpha value is -2.67. The third kappa shape index (κ3) is 5.67. The number of carbonyl (C=O) groups excluding carboxylic acids is 1. The maximum absolute atomic E-state index is 12.3. The predicted molar refractivity (Wildman–Crippen MR) is 116 cm³/mol. The first-order valence-electron chi connectivity index (χ1n) is 9.91. The zero-order chi connectivity index (χ0) is 20.6. The van der Waals surface area contributed by atoms with Crippen LogP contribution in [0.5, 0.6) is 0 Å². The molecular weight excluding hydrogens is 382 g/mol. The van der Waals surface area contributed by atoms with Crippen LogP contribution in [-0.2, 0) is 4.79 Å². The van der Waals surface area contributed by atoms with E-state index in [2.05, 4.69) is 65.9 Å². The van der Waals surface area contributed by atoms with Crippen LogP contribution in [0.1, 0.15) is 50.2 Å². The van der Waals surface area contributed by atoms with E-state index in [1.54, 1.807) is 4.68 Å². The number of carbonyl (C=O) groups is 1. The highest BCUT2D eigenvalue weighted by molar-refractivity contribution is 7.99. The highest BCUT2D eigenvalue weighted by Crippen LogP contribution is 2.21. The van der Waals surface area contributed by atoms with Crippen LogP contribution < -0.4 is 5.32 Å². The molecule has 0 aliphatic rings. The third-order valence-corrected chi connectivity index (χ3v) is 5.81. The average Bonchev–Trinajstić information content (AvgIpc) is 3.22. The van der Waals surface area contributed by atoms with Gasteiger partial charge in [-0.05, 0) is 46.0 Å². The van der Waals surface area contributed by atoms with Crippen LogP contribution in [-0.4, -0.2) is 38.4 Å². The maximum Gasteiger partial charge on any atom is 0.230 e. The number of benzene rings is 2. The number of hydrogen-bond acceptors (Lipinski definition) is 5. The lowest BCUT2D eigenvalue weighted by Crippen LogP contribution is -2.29. The third-order valence-electron chi connectivity index (χ3n) is 4.89. The van der Waals surface area contributed by atoms with Gasteiger partial charge >= 0.3 is 0 Å². The van der Waals surface area contributed by atoms with E-state index >= 15 is 0 Å². The van der Waals surface area contributed by atoms with Crippen molar-refractivity contribution in [3.05, 3.63) is 65.7 Å². The number of tetrazole rings is 1. The standard InChI is InChI=1S/C22H27N5OS/c1-4-17(19-8-6-5-7-9-19)14-23-21(28)15-29-22-24-25-26-27(22)20-12-10-18(11-13-20)16(2)3/h5-13,16-17H,4,14-15H2,1-3H3,(H,23,28). The summed E-state index contributed by atoms with van der Waals surface area (Å²) in [5, 5.41) is 15.5. The zero-order valence-corrected chi connectivity index (χ0v) is 17.9. The van der Waals surface area contributed by atoms with E-state index in [0.29, 0.717) is 23.5 Å². The second-order valence-electron chi connectivity index (χ2n) is 7.23. The first kappa shape index (κ1) is 21.0. The molecular formula is C22H27N5OS. The van der Waals surface area contributed by atoms with Gasteiger partial charge in [0.05, 0.1) is 11.4 Å². The molecule has 1 atom stereocenters. The highest BCUT2D eigenvalue weighted by Gasteiger charge is 2.14. The molecule has 1 amide bonds. The van der Waals surface area contributed by atoms with Crippen molar-refractivity contribution in [1.82, 2.24) is 25.5 Å². The van der Waals surface area contributed by atoms with Gasteiger partial charge in [-0.3, -0.25) is 4.79 Å². The van der Waals surface area contributed by atoms with Crippen molar-refractivity contribution < 1.29 is 4.79 Å². The zero-order valence-electron chi connectivity index (χ0n) is 17.1. The van der Waals surface area contributed by atoms with E-state index in [-0.39, 0.29) is 11.7 Å². The van der Waals surface area contributed by atoms with E-state index in [0.717, 1.165) is 12.1 Å². The van der Waals surface area contributed by atoms with Crippen molar-refractivity contribution in [3.8, 4) is 5.69 Å². The van der Waals surface area contributed by atoms with E-state index in [9.17, 15) is 4.79 Å². The van der Waals surface area contributed by atoms with Crippen molar-refractivity contribution in [2.24, 2.45) is 0 Å². The van der Waals surface area contributed by atoms with Gasteiger partial charge in [0.1, 0.15) is 0 Å². The van der Waals surface area contributed by atoms with Crippen molar-refractivity contribution in [2.45, 2.75) is 44.2 Å². The van der Waals surface area contributed by atoms with Crippen molar-refractivity contribution in [3.63, 3.8) is 0 Å². The number of hydrogen-bond donors (Lipinski definition) is 1. The van der Waals surface area contributed by atoms with Crippen LogP contribution in [0.3, 0.4) is 0 Å². The summed E-state index contributed by atoms with van der Waals surface area (Å²) in [6.07, 6.45) is 0.974. The Morgan fingerprint density at radius 2 is 1.79 bits per heavy atom. The van der Waals surface area contributed by atoms with Crippen LogP contribution in [0.25, 0.3) is 5.69 Å². The molecule has 0 saturated carbocycles. The fourth-order valence-electron chi connectivity index (χ4n) is 3.07. The molecule has 0 fully saturated rings. The summed E-state index contributed by atoms with van der Waals surface area (Å²) < 4.78 is 1.67. The minimum Gasteiger partial charge on any atom is -0.355 e. The van der Waals surface area contributed by atoms with Crippen LogP contribution in [0.15, 0.2) is 59.8 Å². The summed E-state index contributed by atoms with van der Waals surface area (Å²) in [5.41, 5.74) is 3.40. The van der Waals surface area contributed by atoms with Gasteiger partial charge in [-0.15, -0.1) is 5.10 Å². The average molecular weight is 410 g/mol. The van der Waals surface area contributed by atoms with Gasteiger partial charge in [0.15, 0.2) is 0 Å². The second-order valence-corrected chi connectivity index (χ2v) is 8.17. The van der Waals surface area contributed by atoms with Gasteiger partial charge in [-0.2, -0.15) is 4.68 Å². The molecule has 7 heteroatoms. The minimum absolute atomic E-state index is 0.0194. The van der Waals surface area contributed by atoms with Crippen LogP contribution in [0.4, 0.5) is 0 Å². The Morgan fingerprint density at radius 1 is 1.07 bits per heavy atom. The van der Waals surface area contributed by atoms with Gasteiger partial charge in [0.25, 0.3) is 0 Å². The number of amides is 1. The Labute approximate surface area is 176 Å². The van der Waals surface area contributed by atoms with Crippen LogP contribution >= 0.6 is 11.8 Å². The Morgan fingerprint density at radius 3 is 2.45 bits per heavy atom. The molecule has 152 valence electrons. The molecule has 0 bridgehead atoms. The lowest BCUT2D eigenvalue weighted by molar-refractivity contribution is -0.118. The molecule has 1 heterocycles. The molecule has 1 aromatic heterocycles. The molecule has 0 aliphatic heterocycles. The highest BCUT2D eigenvalue weighted by atomic mass is 32.2. The van der Waals surface area contributed by atoms with Gasteiger partial charge < -0.3 is 5.32 Å². The topological polar surface area (TPSA) is 72.7 Å². The van der Waals surface area contributed by atoms with Gasteiger partial charge in [-0.1, -0.05) is 75.0 Å². The van der Waals surface area contributed by atoms with Crippen LogP contribution in [0.2, 0.25) is 0 Å². The van der Waals surface area contributed by atoms with Crippen molar-refractivity contribution >= 4 is 17.7 Å².